The lowest BCUT2D eigenvalue weighted by Crippen LogP contribution is -2.40. The van der Waals surface area contributed by atoms with Gasteiger partial charge in [0.1, 0.15) is 5.82 Å². The summed E-state index contributed by atoms with van der Waals surface area (Å²) in [6.45, 7) is 10.8. The van der Waals surface area contributed by atoms with Crippen LogP contribution in [-0.2, 0) is 14.6 Å². The van der Waals surface area contributed by atoms with Gasteiger partial charge in [0.25, 0.3) is 0 Å². The van der Waals surface area contributed by atoms with Crippen molar-refractivity contribution in [2.45, 2.75) is 51.9 Å². The summed E-state index contributed by atoms with van der Waals surface area (Å²) in [4.78, 5) is 14.3. The Bertz CT molecular complexity index is 437. The Morgan fingerprint density at radius 2 is 1.52 bits per heavy atom. The summed E-state index contributed by atoms with van der Waals surface area (Å²) in [7, 11) is -4.75. The maximum absolute atomic E-state index is 13.0. The molecule has 0 amide bonds. The van der Waals surface area contributed by atoms with Gasteiger partial charge in [-0.1, -0.05) is 26.0 Å². The van der Waals surface area contributed by atoms with Crippen LogP contribution in [-0.4, -0.2) is 18.1 Å². The summed E-state index contributed by atoms with van der Waals surface area (Å²) in [6, 6.07) is 6.73. The van der Waals surface area contributed by atoms with Crippen LogP contribution in [0.4, 0.5) is 4.39 Å². The Balaban J connectivity index is 0.000000885. The number of halogens is 1. The van der Waals surface area contributed by atoms with Gasteiger partial charge in [0.05, 0.1) is 5.60 Å². The average Bonchev–Trinajstić information content (AvgIpc) is 2.35. The molecule has 0 aliphatic carbocycles. The van der Waals surface area contributed by atoms with Gasteiger partial charge in [-0.2, -0.15) is 0 Å². The molecule has 1 aromatic carbocycles. The van der Waals surface area contributed by atoms with Gasteiger partial charge in [-0.05, 0) is 50.2 Å². The third-order valence-corrected chi connectivity index (χ3v) is 4.02. The Kier molecular flexibility index (Phi) is 8.59. The number of benzene rings is 1. The highest BCUT2D eigenvalue weighted by atomic mass is 31.1. The van der Waals surface area contributed by atoms with Crippen molar-refractivity contribution in [3.8, 4) is 0 Å². The quantitative estimate of drug-likeness (QED) is 0.629. The molecule has 122 valence electrons. The molecule has 0 bridgehead atoms. The van der Waals surface area contributed by atoms with Crippen LogP contribution >= 0.6 is 8.25 Å². The first-order valence-corrected chi connectivity index (χ1v) is 11.7. The predicted molar refractivity (Wildman–Crippen MR) is 86.5 cm³/mol. The molecule has 7 heteroatoms. The molecule has 0 atom stereocenters. The monoisotopic (exact) mass is 336 g/mol. The van der Waals surface area contributed by atoms with Crippen LogP contribution in [0, 0.1) is 5.82 Å². The van der Waals surface area contributed by atoms with Crippen LogP contribution in [0.1, 0.15) is 32.3 Å². The molecule has 0 spiro atoms. The van der Waals surface area contributed by atoms with Gasteiger partial charge in [0.2, 0.25) is 0 Å². The second-order valence-electron chi connectivity index (χ2n) is 5.71. The van der Waals surface area contributed by atoms with Crippen molar-refractivity contribution in [3.63, 3.8) is 0 Å². The fourth-order valence-corrected chi connectivity index (χ4v) is 3.78. The maximum Gasteiger partial charge on any atom is 0.314 e. The molecule has 2 N–H and O–H groups in total. The Labute approximate surface area is 128 Å². The van der Waals surface area contributed by atoms with Gasteiger partial charge in [0, 0.05) is 0 Å². The van der Waals surface area contributed by atoms with E-state index in [1.165, 1.54) is 12.1 Å². The summed E-state index contributed by atoms with van der Waals surface area (Å²) in [5, 5.41) is 0. The molecule has 0 fully saturated rings. The number of rotatable bonds is 5. The first-order chi connectivity index (χ1) is 9.56. The van der Waals surface area contributed by atoms with Crippen molar-refractivity contribution in [2.75, 3.05) is 0 Å². The van der Waals surface area contributed by atoms with Gasteiger partial charge in [-0.15, -0.1) is 0 Å². The van der Waals surface area contributed by atoms with E-state index in [0.717, 1.165) is 18.4 Å². The van der Waals surface area contributed by atoms with Gasteiger partial charge in [-0.3, -0.25) is 4.57 Å². The summed E-state index contributed by atoms with van der Waals surface area (Å²) < 4.78 is 28.1. The van der Waals surface area contributed by atoms with Crippen molar-refractivity contribution in [2.24, 2.45) is 0 Å². The Hall–Kier alpha value is -0.523. The fraction of sp³-hybridized carbons (Fsp3) is 0.571. The van der Waals surface area contributed by atoms with E-state index in [9.17, 15) is 4.39 Å². The predicted octanol–water partition coefficient (Wildman–Crippen LogP) is 4.05. The van der Waals surface area contributed by atoms with E-state index in [2.05, 4.69) is 33.5 Å². The highest BCUT2D eigenvalue weighted by Crippen LogP contribution is 2.35. The fourth-order valence-electron chi connectivity index (χ4n) is 2.20. The van der Waals surface area contributed by atoms with E-state index in [4.69, 9.17) is 18.8 Å². The molecule has 0 radical (unpaired) electrons. The normalized spacial score (nSPS) is 12.0. The van der Waals surface area contributed by atoms with E-state index in [1.807, 2.05) is 12.1 Å². The number of hydrogen-bond acceptors (Lipinski definition) is 2. The van der Waals surface area contributed by atoms with Crippen LogP contribution in [0.15, 0.2) is 24.3 Å². The lowest BCUT2D eigenvalue weighted by atomic mass is 9.89. The third-order valence-electron chi connectivity index (χ3n) is 3.01. The van der Waals surface area contributed by atoms with Gasteiger partial charge < -0.3 is 14.2 Å². The SMILES string of the molecule is CCC(CC)(O[Si](C)(C)C)c1ccc(F)cc1.O=[PH](O)O. The zero-order valence-electron chi connectivity index (χ0n) is 13.3. The minimum Gasteiger partial charge on any atom is -0.408 e. The Morgan fingerprint density at radius 1 is 1.14 bits per heavy atom. The van der Waals surface area contributed by atoms with Gasteiger partial charge >= 0.3 is 8.25 Å². The van der Waals surface area contributed by atoms with Crippen LogP contribution < -0.4 is 0 Å². The van der Waals surface area contributed by atoms with E-state index >= 15 is 0 Å². The Morgan fingerprint density at radius 3 is 1.81 bits per heavy atom. The second-order valence-corrected chi connectivity index (χ2v) is 10.7. The van der Waals surface area contributed by atoms with Crippen LogP contribution in [0.5, 0.6) is 0 Å². The molecule has 1 aromatic rings. The first-order valence-electron chi connectivity index (χ1n) is 6.94. The first kappa shape index (κ1) is 20.5. The van der Waals surface area contributed by atoms with Crippen molar-refractivity contribution < 1.29 is 23.2 Å². The second kappa shape index (κ2) is 8.81. The summed E-state index contributed by atoms with van der Waals surface area (Å²) >= 11 is 0. The van der Waals surface area contributed by atoms with Gasteiger partial charge in [0.15, 0.2) is 8.32 Å². The minimum absolute atomic E-state index is 0.192. The van der Waals surface area contributed by atoms with Crippen molar-refractivity contribution in [1.29, 1.82) is 0 Å². The van der Waals surface area contributed by atoms with E-state index < -0.39 is 16.6 Å². The molecule has 0 unspecified atom stereocenters. The molecule has 0 aliphatic rings. The zero-order chi connectivity index (χ0) is 16.7. The molecule has 0 aliphatic heterocycles. The van der Waals surface area contributed by atoms with Crippen LogP contribution in [0.2, 0.25) is 19.6 Å². The van der Waals surface area contributed by atoms with Crippen LogP contribution in [0.25, 0.3) is 0 Å². The molecule has 21 heavy (non-hydrogen) atoms. The standard InChI is InChI=1S/C14H23FOSi.H3O3P/c1-6-14(7-2,16-17(3,4)5)12-8-10-13(15)11-9-12;1-4(2)3/h8-11H,6-7H2,1-5H3;4H,(H2,1,2,3). The van der Waals surface area contributed by atoms with E-state index in [-0.39, 0.29) is 11.4 Å². The third kappa shape index (κ3) is 7.88. The molecule has 0 heterocycles. The highest BCUT2D eigenvalue weighted by Gasteiger charge is 2.34. The molecule has 1 rings (SSSR count). The summed E-state index contributed by atoms with van der Waals surface area (Å²) in [5.41, 5.74) is 0.837. The largest absolute Gasteiger partial charge is 0.408 e. The molecule has 4 nitrogen and oxygen atoms in total. The molecular formula is C14H26FO4PSi. The molecule has 0 saturated carbocycles. The topological polar surface area (TPSA) is 66.8 Å². The average molecular weight is 336 g/mol. The zero-order valence-corrected chi connectivity index (χ0v) is 15.3. The molecule has 0 saturated heterocycles. The van der Waals surface area contributed by atoms with E-state index in [1.54, 1.807) is 0 Å². The maximum atomic E-state index is 13.0. The smallest absolute Gasteiger partial charge is 0.314 e. The lowest BCUT2D eigenvalue weighted by molar-refractivity contribution is 0.0488. The number of hydrogen-bond donors (Lipinski definition) is 2. The lowest BCUT2D eigenvalue weighted by Gasteiger charge is -2.38. The minimum atomic E-state index is -3.13. The summed E-state index contributed by atoms with van der Waals surface area (Å²) in [6.07, 6.45) is 1.83. The van der Waals surface area contributed by atoms with Crippen molar-refractivity contribution in [3.05, 3.63) is 35.6 Å². The molecular weight excluding hydrogens is 310 g/mol. The van der Waals surface area contributed by atoms with Gasteiger partial charge in [-0.25, -0.2) is 4.39 Å². The summed E-state index contributed by atoms with van der Waals surface area (Å²) in [5.74, 6) is -0.192. The van der Waals surface area contributed by atoms with E-state index in [0.29, 0.717) is 0 Å². The van der Waals surface area contributed by atoms with Crippen molar-refractivity contribution >= 4 is 16.6 Å². The van der Waals surface area contributed by atoms with Crippen molar-refractivity contribution in [1.82, 2.24) is 0 Å². The van der Waals surface area contributed by atoms with Crippen LogP contribution in [0.3, 0.4) is 0 Å². The molecule has 0 aromatic heterocycles. The highest BCUT2D eigenvalue weighted by molar-refractivity contribution is 7.30.